The molecule has 0 fully saturated rings. The molecule has 0 aliphatic heterocycles. The van der Waals surface area contributed by atoms with Crippen LogP contribution in [0.25, 0.3) is 0 Å². The number of para-hydroxylation sites is 1. The van der Waals surface area contributed by atoms with Crippen LogP contribution in [0.5, 0.6) is 0 Å². The molecule has 1 rings (SSSR count). The van der Waals surface area contributed by atoms with Gasteiger partial charge in [-0.15, -0.1) is 0 Å². The minimum absolute atomic E-state index is 0.114. The third-order valence-electron chi connectivity index (χ3n) is 2.15. The quantitative estimate of drug-likeness (QED) is 0.772. The molecule has 17 heavy (non-hydrogen) atoms. The Balaban J connectivity index is 2.45. The van der Waals surface area contributed by atoms with Gasteiger partial charge < -0.3 is 14.8 Å². The number of carbonyl (C=O) groups excluding carboxylic acids is 1. The SMILES string of the molecule is COCCOCC(=O)Nc1c(C)cccc1F. The molecule has 94 valence electrons. The van der Waals surface area contributed by atoms with Crippen LogP contribution >= 0.6 is 0 Å². The van der Waals surface area contributed by atoms with Gasteiger partial charge in [0, 0.05) is 7.11 Å². The first-order chi connectivity index (χ1) is 8.15. The molecule has 0 radical (unpaired) electrons. The lowest BCUT2D eigenvalue weighted by Crippen LogP contribution is -2.20. The van der Waals surface area contributed by atoms with E-state index in [2.05, 4.69) is 5.32 Å². The van der Waals surface area contributed by atoms with Crippen LogP contribution in [0, 0.1) is 12.7 Å². The predicted molar refractivity (Wildman–Crippen MR) is 62.5 cm³/mol. The third-order valence-corrected chi connectivity index (χ3v) is 2.15. The van der Waals surface area contributed by atoms with Gasteiger partial charge in [-0.1, -0.05) is 12.1 Å². The second-order valence-corrected chi connectivity index (χ2v) is 3.53. The molecule has 0 unspecified atom stereocenters. The van der Waals surface area contributed by atoms with Gasteiger partial charge in [0.2, 0.25) is 5.91 Å². The van der Waals surface area contributed by atoms with Gasteiger partial charge in [0.05, 0.1) is 18.9 Å². The molecule has 1 aromatic carbocycles. The number of amides is 1. The van der Waals surface area contributed by atoms with E-state index in [9.17, 15) is 9.18 Å². The van der Waals surface area contributed by atoms with Crippen LogP contribution in [0.15, 0.2) is 18.2 Å². The van der Waals surface area contributed by atoms with Crippen LogP contribution in [0.3, 0.4) is 0 Å². The number of rotatable bonds is 6. The zero-order valence-corrected chi connectivity index (χ0v) is 9.96. The third kappa shape index (κ3) is 4.50. The van der Waals surface area contributed by atoms with Gasteiger partial charge >= 0.3 is 0 Å². The fourth-order valence-electron chi connectivity index (χ4n) is 1.27. The lowest BCUT2D eigenvalue weighted by Gasteiger charge is -2.09. The number of aryl methyl sites for hydroxylation is 1. The molecule has 0 aliphatic rings. The summed E-state index contributed by atoms with van der Waals surface area (Å²) in [5.74, 6) is -0.829. The molecule has 1 amide bonds. The minimum atomic E-state index is -0.449. The van der Waals surface area contributed by atoms with E-state index in [-0.39, 0.29) is 18.2 Å². The first-order valence-corrected chi connectivity index (χ1v) is 5.26. The van der Waals surface area contributed by atoms with Crippen molar-refractivity contribution >= 4 is 11.6 Å². The van der Waals surface area contributed by atoms with Gasteiger partial charge in [-0.3, -0.25) is 4.79 Å². The smallest absolute Gasteiger partial charge is 0.250 e. The van der Waals surface area contributed by atoms with E-state index in [1.54, 1.807) is 26.2 Å². The molecule has 0 saturated carbocycles. The maximum absolute atomic E-state index is 13.4. The number of nitrogens with one attached hydrogen (secondary N) is 1. The Morgan fingerprint density at radius 3 is 2.82 bits per heavy atom. The van der Waals surface area contributed by atoms with Crippen LogP contribution in [0.2, 0.25) is 0 Å². The van der Waals surface area contributed by atoms with Crippen LogP contribution in [-0.4, -0.2) is 32.8 Å². The summed E-state index contributed by atoms with van der Waals surface area (Å²) in [6.45, 7) is 2.37. The maximum atomic E-state index is 13.4. The van der Waals surface area contributed by atoms with Crippen LogP contribution in [0.1, 0.15) is 5.56 Å². The van der Waals surface area contributed by atoms with Crippen molar-refractivity contribution in [2.24, 2.45) is 0 Å². The van der Waals surface area contributed by atoms with E-state index >= 15 is 0 Å². The number of hydrogen-bond donors (Lipinski definition) is 1. The number of ether oxygens (including phenoxy) is 2. The molecule has 0 aromatic heterocycles. The normalized spacial score (nSPS) is 10.3. The van der Waals surface area contributed by atoms with Gasteiger partial charge in [-0.2, -0.15) is 0 Å². The Labute approximate surface area is 99.7 Å². The monoisotopic (exact) mass is 241 g/mol. The number of carbonyl (C=O) groups is 1. The molecule has 0 bridgehead atoms. The molecule has 0 spiro atoms. The minimum Gasteiger partial charge on any atom is -0.382 e. The van der Waals surface area contributed by atoms with E-state index in [1.807, 2.05) is 0 Å². The fraction of sp³-hybridized carbons (Fsp3) is 0.417. The predicted octanol–water partition coefficient (Wildman–Crippen LogP) is 1.74. The van der Waals surface area contributed by atoms with Gasteiger partial charge in [0.15, 0.2) is 0 Å². The Kier molecular flexibility index (Phi) is 5.59. The summed E-state index contributed by atoms with van der Waals surface area (Å²) < 4.78 is 23.2. The number of hydrogen-bond acceptors (Lipinski definition) is 3. The Hall–Kier alpha value is -1.46. The van der Waals surface area contributed by atoms with Gasteiger partial charge in [0.1, 0.15) is 12.4 Å². The largest absolute Gasteiger partial charge is 0.382 e. The average Bonchev–Trinajstić information content (AvgIpc) is 2.30. The Morgan fingerprint density at radius 1 is 1.41 bits per heavy atom. The highest BCUT2D eigenvalue weighted by Gasteiger charge is 2.09. The second kappa shape index (κ2) is 6.98. The van der Waals surface area contributed by atoms with Crippen molar-refractivity contribution in [2.45, 2.75) is 6.92 Å². The molecular weight excluding hydrogens is 225 g/mol. The van der Waals surface area contributed by atoms with Crippen LogP contribution in [0.4, 0.5) is 10.1 Å². The second-order valence-electron chi connectivity index (χ2n) is 3.53. The van der Waals surface area contributed by atoms with Crippen molar-refractivity contribution in [3.05, 3.63) is 29.6 Å². The highest BCUT2D eigenvalue weighted by Crippen LogP contribution is 2.18. The topological polar surface area (TPSA) is 47.6 Å². The summed E-state index contributed by atoms with van der Waals surface area (Å²) in [5, 5.41) is 2.48. The van der Waals surface area contributed by atoms with E-state index < -0.39 is 5.82 Å². The average molecular weight is 241 g/mol. The van der Waals surface area contributed by atoms with Crippen molar-refractivity contribution in [2.75, 3.05) is 32.2 Å². The van der Waals surface area contributed by atoms with Gasteiger partial charge in [0.25, 0.3) is 0 Å². The number of halogens is 1. The molecule has 4 nitrogen and oxygen atoms in total. The summed E-state index contributed by atoms with van der Waals surface area (Å²) in [4.78, 5) is 11.4. The summed E-state index contributed by atoms with van der Waals surface area (Å²) >= 11 is 0. The van der Waals surface area contributed by atoms with E-state index in [0.717, 1.165) is 0 Å². The van der Waals surface area contributed by atoms with Crippen LogP contribution < -0.4 is 5.32 Å². The number of benzene rings is 1. The first kappa shape index (κ1) is 13.6. The van der Waals surface area contributed by atoms with Crippen LogP contribution in [-0.2, 0) is 14.3 Å². The molecule has 0 aliphatic carbocycles. The number of methoxy groups -OCH3 is 1. The van der Waals surface area contributed by atoms with Gasteiger partial charge in [-0.25, -0.2) is 4.39 Å². The summed E-state index contributed by atoms with van der Waals surface area (Å²) in [7, 11) is 1.55. The molecule has 1 aromatic rings. The highest BCUT2D eigenvalue weighted by atomic mass is 19.1. The molecule has 5 heteroatoms. The Morgan fingerprint density at radius 2 is 2.18 bits per heavy atom. The van der Waals surface area contributed by atoms with Crippen molar-refractivity contribution in [3.63, 3.8) is 0 Å². The molecule has 0 saturated heterocycles. The first-order valence-electron chi connectivity index (χ1n) is 5.26. The van der Waals surface area contributed by atoms with Crippen molar-refractivity contribution < 1.29 is 18.7 Å². The van der Waals surface area contributed by atoms with E-state index in [1.165, 1.54) is 6.07 Å². The Bertz CT molecular complexity index is 362. The van der Waals surface area contributed by atoms with Gasteiger partial charge in [-0.05, 0) is 18.6 Å². The number of anilines is 1. The molecule has 1 N–H and O–H groups in total. The highest BCUT2D eigenvalue weighted by molar-refractivity contribution is 5.92. The summed E-state index contributed by atoms with van der Waals surface area (Å²) in [6, 6.07) is 4.62. The van der Waals surface area contributed by atoms with Crippen molar-refractivity contribution in [3.8, 4) is 0 Å². The summed E-state index contributed by atoms with van der Waals surface area (Å²) in [5.41, 5.74) is 0.878. The molecular formula is C12H16FNO3. The molecule has 0 heterocycles. The maximum Gasteiger partial charge on any atom is 0.250 e. The van der Waals surface area contributed by atoms with E-state index in [0.29, 0.717) is 18.8 Å². The molecule has 0 atom stereocenters. The fourth-order valence-corrected chi connectivity index (χ4v) is 1.27. The van der Waals surface area contributed by atoms with E-state index in [4.69, 9.17) is 9.47 Å². The lowest BCUT2D eigenvalue weighted by molar-refractivity contribution is -0.121. The standard InChI is InChI=1S/C12H16FNO3/c1-9-4-3-5-10(13)12(9)14-11(15)8-17-7-6-16-2/h3-5H,6-8H2,1-2H3,(H,14,15). The van der Waals surface area contributed by atoms with Crippen molar-refractivity contribution in [1.82, 2.24) is 0 Å². The lowest BCUT2D eigenvalue weighted by atomic mass is 10.2. The zero-order valence-electron chi connectivity index (χ0n) is 9.96. The van der Waals surface area contributed by atoms with Crippen molar-refractivity contribution in [1.29, 1.82) is 0 Å². The summed E-state index contributed by atoms with van der Waals surface area (Å²) in [6.07, 6.45) is 0. The zero-order chi connectivity index (χ0) is 12.7.